The molecule has 0 bridgehead atoms. The molecule has 108 valence electrons. The molecule has 3 aromatic rings. The molecule has 1 unspecified atom stereocenters. The lowest BCUT2D eigenvalue weighted by Crippen LogP contribution is -2.20. The Balaban J connectivity index is 1.76. The van der Waals surface area contributed by atoms with Crippen molar-refractivity contribution in [2.24, 2.45) is 0 Å². The molecule has 8 heteroatoms. The molecule has 0 saturated carbocycles. The molecule has 3 aromatic heterocycles. The molecule has 0 spiro atoms. The van der Waals surface area contributed by atoms with Crippen molar-refractivity contribution in [3.05, 3.63) is 46.4 Å². The highest BCUT2D eigenvalue weighted by molar-refractivity contribution is 7.09. The van der Waals surface area contributed by atoms with Crippen LogP contribution in [0.1, 0.15) is 11.8 Å². The van der Waals surface area contributed by atoms with Crippen LogP contribution in [0, 0.1) is 0 Å². The molecule has 0 aliphatic rings. The van der Waals surface area contributed by atoms with Gasteiger partial charge in [0, 0.05) is 29.7 Å². The highest BCUT2D eigenvalue weighted by atomic mass is 35.5. The molecular formula is C13H13ClN6S. The number of halogens is 1. The van der Waals surface area contributed by atoms with Crippen LogP contribution in [0.3, 0.4) is 0 Å². The van der Waals surface area contributed by atoms with Crippen LogP contribution in [-0.4, -0.2) is 30.5 Å². The van der Waals surface area contributed by atoms with Gasteiger partial charge in [0.2, 0.25) is 17.2 Å². The Morgan fingerprint density at radius 2 is 2.29 bits per heavy atom. The SMILES string of the molecule is CC(Cc1cccs1)Nc1nc(Cl)nc(-n2ccnc2)n1. The third kappa shape index (κ3) is 3.56. The Bertz CT molecular complexity index is 698. The second kappa shape index (κ2) is 6.19. The average Bonchev–Trinajstić information content (AvgIpc) is 3.10. The Morgan fingerprint density at radius 3 is 3.00 bits per heavy atom. The molecular weight excluding hydrogens is 308 g/mol. The van der Waals surface area contributed by atoms with Crippen LogP contribution in [0.4, 0.5) is 5.95 Å². The molecule has 0 radical (unpaired) electrons. The highest BCUT2D eigenvalue weighted by Gasteiger charge is 2.10. The lowest BCUT2D eigenvalue weighted by Gasteiger charge is -2.13. The largest absolute Gasteiger partial charge is 0.351 e. The summed E-state index contributed by atoms with van der Waals surface area (Å²) >= 11 is 7.69. The minimum Gasteiger partial charge on any atom is -0.351 e. The van der Waals surface area contributed by atoms with Crippen LogP contribution >= 0.6 is 22.9 Å². The Hall–Kier alpha value is -1.99. The van der Waals surface area contributed by atoms with E-state index in [9.17, 15) is 0 Å². The van der Waals surface area contributed by atoms with E-state index in [-0.39, 0.29) is 11.3 Å². The second-order valence-electron chi connectivity index (χ2n) is 4.53. The van der Waals surface area contributed by atoms with Crippen molar-refractivity contribution >= 4 is 28.9 Å². The summed E-state index contributed by atoms with van der Waals surface area (Å²) in [6.45, 7) is 2.08. The maximum Gasteiger partial charge on any atom is 0.241 e. The second-order valence-corrected chi connectivity index (χ2v) is 5.90. The van der Waals surface area contributed by atoms with Gasteiger partial charge in [-0.2, -0.15) is 15.0 Å². The van der Waals surface area contributed by atoms with Crippen molar-refractivity contribution in [3.63, 3.8) is 0 Å². The van der Waals surface area contributed by atoms with Crippen molar-refractivity contribution in [2.45, 2.75) is 19.4 Å². The third-order valence-electron chi connectivity index (χ3n) is 2.79. The number of nitrogens with zero attached hydrogens (tertiary/aromatic N) is 5. The van der Waals surface area contributed by atoms with E-state index in [1.807, 2.05) is 6.07 Å². The molecule has 0 fully saturated rings. The van der Waals surface area contributed by atoms with E-state index in [1.165, 1.54) is 4.88 Å². The van der Waals surface area contributed by atoms with E-state index in [4.69, 9.17) is 11.6 Å². The summed E-state index contributed by atoms with van der Waals surface area (Å²) in [7, 11) is 0. The van der Waals surface area contributed by atoms with Crippen LogP contribution in [0.2, 0.25) is 5.28 Å². The summed E-state index contributed by atoms with van der Waals surface area (Å²) < 4.78 is 1.68. The van der Waals surface area contributed by atoms with Gasteiger partial charge in [-0.1, -0.05) is 6.07 Å². The first-order chi connectivity index (χ1) is 10.2. The molecule has 3 heterocycles. The van der Waals surface area contributed by atoms with Crippen LogP contribution < -0.4 is 5.32 Å². The Kier molecular flexibility index (Phi) is 4.12. The van der Waals surface area contributed by atoms with Crippen molar-refractivity contribution < 1.29 is 0 Å². The first-order valence-corrected chi connectivity index (χ1v) is 7.65. The fraction of sp³-hybridized carbons (Fsp3) is 0.231. The maximum atomic E-state index is 5.96. The molecule has 0 aliphatic carbocycles. The number of hydrogen-bond donors (Lipinski definition) is 1. The zero-order chi connectivity index (χ0) is 14.7. The number of thiophene rings is 1. The molecule has 0 amide bonds. The quantitative estimate of drug-likeness (QED) is 0.783. The van der Waals surface area contributed by atoms with Crippen molar-refractivity contribution in [2.75, 3.05) is 5.32 Å². The van der Waals surface area contributed by atoms with Gasteiger partial charge in [-0.25, -0.2) is 4.98 Å². The number of aromatic nitrogens is 5. The van der Waals surface area contributed by atoms with Gasteiger partial charge in [0.25, 0.3) is 0 Å². The summed E-state index contributed by atoms with van der Waals surface area (Å²) in [4.78, 5) is 17.8. The normalized spacial score (nSPS) is 12.3. The standard InChI is InChI=1S/C13H13ClN6S/c1-9(7-10-3-2-6-21-10)16-12-17-11(14)18-13(19-12)20-5-4-15-8-20/h2-6,8-9H,7H2,1H3,(H,16,17,18,19). The fourth-order valence-corrected chi connectivity index (χ4v) is 2.89. The number of anilines is 1. The van der Waals surface area contributed by atoms with Gasteiger partial charge in [0.05, 0.1) is 0 Å². The smallest absolute Gasteiger partial charge is 0.241 e. The predicted molar refractivity (Wildman–Crippen MR) is 83.1 cm³/mol. The summed E-state index contributed by atoms with van der Waals surface area (Å²) in [6, 6.07) is 4.35. The third-order valence-corrected chi connectivity index (χ3v) is 3.86. The number of imidazole rings is 1. The van der Waals surface area contributed by atoms with Crippen molar-refractivity contribution in [3.8, 4) is 5.95 Å². The van der Waals surface area contributed by atoms with Gasteiger partial charge in [-0.05, 0) is 30.0 Å². The highest BCUT2D eigenvalue weighted by Crippen LogP contribution is 2.14. The summed E-state index contributed by atoms with van der Waals surface area (Å²) in [5, 5.41) is 5.47. The topological polar surface area (TPSA) is 68.5 Å². The van der Waals surface area contributed by atoms with Crippen LogP contribution in [0.5, 0.6) is 0 Å². The Labute approximate surface area is 130 Å². The van der Waals surface area contributed by atoms with E-state index in [0.717, 1.165) is 6.42 Å². The first-order valence-electron chi connectivity index (χ1n) is 6.39. The van der Waals surface area contributed by atoms with Crippen molar-refractivity contribution in [1.82, 2.24) is 24.5 Å². The first kappa shape index (κ1) is 14.0. The summed E-state index contributed by atoms with van der Waals surface area (Å²) in [5.74, 6) is 0.904. The molecule has 1 N–H and O–H groups in total. The summed E-state index contributed by atoms with van der Waals surface area (Å²) in [6.07, 6.45) is 5.93. The molecule has 1 atom stereocenters. The molecule has 6 nitrogen and oxygen atoms in total. The average molecular weight is 321 g/mol. The van der Waals surface area contributed by atoms with E-state index in [1.54, 1.807) is 34.6 Å². The molecule has 0 saturated heterocycles. The molecule has 0 aromatic carbocycles. The zero-order valence-corrected chi connectivity index (χ0v) is 12.8. The van der Waals surface area contributed by atoms with Crippen molar-refractivity contribution in [1.29, 1.82) is 0 Å². The Morgan fingerprint density at radius 1 is 1.38 bits per heavy atom. The van der Waals surface area contributed by atoms with E-state index in [0.29, 0.717) is 11.9 Å². The lowest BCUT2D eigenvalue weighted by molar-refractivity contribution is 0.777. The number of nitrogens with one attached hydrogen (secondary N) is 1. The van der Waals surface area contributed by atoms with E-state index in [2.05, 4.69) is 43.6 Å². The number of hydrogen-bond acceptors (Lipinski definition) is 6. The van der Waals surface area contributed by atoms with Gasteiger partial charge in [0.15, 0.2) is 0 Å². The molecule has 21 heavy (non-hydrogen) atoms. The van der Waals surface area contributed by atoms with Crippen LogP contribution in [-0.2, 0) is 6.42 Å². The molecule has 0 aliphatic heterocycles. The van der Waals surface area contributed by atoms with Crippen LogP contribution in [0.15, 0.2) is 36.2 Å². The number of rotatable bonds is 5. The minimum absolute atomic E-state index is 0.152. The van der Waals surface area contributed by atoms with Gasteiger partial charge >= 0.3 is 0 Å². The van der Waals surface area contributed by atoms with Crippen LogP contribution in [0.25, 0.3) is 5.95 Å². The van der Waals surface area contributed by atoms with Gasteiger partial charge in [0.1, 0.15) is 6.33 Å². The van der Waals surface area contributed by atoms with Gasteiger partial charge in [-0.15, -0.1) is 11.3 Å². The lowest BCUT2D eigenvalue weighted by atomic mass is 10.2. The molecule has 3 rings (SSSR count). The predicted octanol–water partition coefficient (Wildman–Crippen LogP) is 2.82. The zero-order valence-electron chi connectivity index (χ0n) is 11.3. The van der Waals surface area contributed by atoms with E-state index >= 15 is 0 Å². The maximum absolute atomic E-state index is 5.96. The fourth-order valence-electron chi connectivity index (χ4n) is 1.90. The summed E-state index contributed by atoms with van der Waals surface area (Å²) in [5.41, 5.74) is 0. The van der Waals surface area contributed by atoms with Gasteiger partial charge in [-0.3, -0.25) is 4.57 Å². The van der Waals surface area contributed by atoms with Gasteiger partial charge < -0.3 is 5.32 Å². The van der Waals surface area contributed by atoms with E-state index < -0.39 is 0 Å². The monoisotopic (exact) mass is 320 g/mol. The minimum atomic E-state index is 0.152.